The fraction of sp³-hybridized carbons (Fsp3) is 0.391. The van der Waals surface area contributed by atoms with Gasteiger partial charge in [-0.25, -0.2) is 4.98 Å². The van der Waals surface area contributed by atoms with Gasteiger partial charge in [0.2, 0.25) is 0 Å². The van der Waals surface area contributed by atoms with Crippen LogP contribution in [0.5, 0.6) is 5.75 Å². The van der Waals surface area contributed by atoms with Crippen LogP contribution in [0, 0.1) is 29.6 Å². The minimum Gasteiger partial charge on any atom is -0.488 e. The van der Waals surface area contributed by atoms with E-state index in [1.165, 1.54) is 0 Å². The van der Waals surface area contributed by atoms with E-state index in [2.05, 4.69) is 21.7 Å². The van der Waals surface area contributed by atoms with Crippen molar-refractivity contribution in [3.05, 3.63) is 46.8 Å². The first-order valence-corrected chi connectivity index (χ1v) is 10.3. The zero-order valence-corrected chi connectivity index (χ0v) is 17.3. The van der Waals surface area contributed by atoms with Crippen molar-refractivity contribution in [2.75, 3.05) is 19.7 Å². The van der Waals surface area contributed by atoms with Gasteiger partial charge in [0.15, 0.2) is 0 Å². The number of fused-ring (bicyclic) bond motifs is 3. The summed E-state index contributed by atoms with van der Waals surface area (Å²) in [7, 11) is 0. The molecule has 31 heavy (non-hydrogen) atoms. The lowest BCUT2D eigenvalue weighted by Crippen LogP contribution is -2.46. The van der Waals surface area contributed by atoms with Crippen LogP contribution in [0.1, 0.15) is 28.8 Å². The Morgan fingerprint density at radius 1 is 1.35 bits per heavy atom. The molecule has 1 fully saturated rings. The van der Waals surface area contributed by atoms with Crippen LogP contribution in [-0.2, 0) is 22.6 Å². The molecule has 2 N–H and O–H groups in total. The quantitative estimate of drug-likeness (QED) is 0.777. The Labute approximate surface area is 180 Å². The van der Waals surface area contributed by atoms with Gasteiger partial charge in [0, 0.05) is 42.5 Å². The van der Waals surface area contributed by atoms with Crippen molar-refractivity contribution in [1.29, 1.82) is 10.5 Å². The molecule has 158 valence electrons. The van der Waals surface area contributed by atoms with Crippen LogP contribution < -0.4 is 15.4 Å². The third-order valence-corrected chi connectivity index (χ3v) is 5.55. The van der Waals surface area contributed by atoms with Gasteiger partial charge in [0.1, 0.15) is 36.3 Å². The number of hydrogen-bond acceptors (Lipinski definition) is 7. The highest BCUT2D eigenvalue weighted by Gasteiger charge is 2.25. The van der Waals surface area contributed by atoms with Crippen molar-refractivity contribution in [1.82, 2.24) is 15.6 Å². The maximum Gasteiger partial charge on any atom is 0.251 e. The predicted molar refractivity (Wildman–Crippen MR) is 112 cm³/mol. The molecule has 2 atom stereocenters. The summed E-state index contributed by atoms with van der Waals surface area (Å²) in [6.07, 6.45) is 2.33. The molecular formula is C23H23N5O3. The zero-order valence-electron chi connectivity index (χ0n) is 17.3. The molecule has 0 radical (unpaired) electrons. The van der Waals surface area contributed by atoms with E-state index >= 15 is 0 Å². The molecule has 2 aromatic rings. The molecule has 1 saturated heterocycles. The molecule has 8 nitrogen and oxygen atoms in total. The predicted octanol–water partition coefficient (Wildman–Crippen LogP) is 1.75. The summed E-state index contributed by atoms with van der Waals surface area (Å²) >= 11 is 0. The molecular weight excluding hydrogens is 394 g/mol. The maximum absolute atomic E-state index is 12.5. The van der Waals surface area contributed by atoms with Crippen molar-refractivity contribution in [3.63, 3.8) is 0 Å². The van der Waals surface area contributed by atoms with Crippen LogP contribution in [0.2, 0.25) is 0 Å². The minimum atomic E-state index is -0.674. The lowest BCUT2D eigenvalue weighted by Gasteiger charge is -2.23. The molecule has 0 aliphatic carbocycles. The third kappa shape index (κ3) is 4.51. The van der Waals surface area contributed by atoms with E-state index < -0.39 is 12.1 Å². The van der Waals surface area contributed by atoms with Crippen molar-refractivity contribution in [2.24, 2.45) is 0 Å². The van der Waals surface area contributed by atoms with Crippen LogP contribution >= 0.6 is 0 Å². The van der Waals surface area contributed by atoms with Gasteiger partial charge in [0.05, 0.1) is 6.07 Å². The molecule has 2 aliphatic rings. The number of amides is 1. The van der Waals surface area contributed by atoms with Gasteiger partial charge in [-0.1, -0.05) is 0 Å². The molecule has 0 bridgehead atoms. The van der Waals surface area contributed by atoms with E-state index in [0.29, 0.717) is 37.6 Å². The van der Waals surface area contributed by atoms with E-state index in [9.17, 15) is 10.1 Å². The SMILES string of the molecule is Cc1cc2c(cc1C[C@@H](C#N)NC(=O)[C@@H]1CNCCCO1)OCc1cc(C#N)ncc1-2. The zero-order chi connectivity index (χ0) is 21.8. The van der Waals surface area contributed by atoms with Crippen LogP contribution in [0.25, 0.3) is 11.1 Å². The van der Waals surface area contributed by atoms with Gasteiger partial charge in [-0.3, -0.25) is 4.79 Å². The number of hydrogen-bond donors (Lipinski definition) is 2. The second kappa shape index (κ2) is 9.13. The largest absolute Gasteiger partial charge is 0.488 e. The monoisotopic (exact) mass is 417 g/mol. The number of ether oxygens (including phenoxy) is 2. The molecule has 2 aliphatic heterocycles. The second-order valence-electron chi connectivity index (χ2n) is 7.71. The standard InChI is InChI=1S/C23H23N5O3/c1-14-5-19-20-11-27-17(9-24)7-16(20)13-31-21(19)8-15(14)6-18(10-25)28-23(29)22-12-26-3-2-4-30-22/h5,7-8,11,18,22,26H,2-4,6,12-13H2,1H3,(H,28,29)/t18-,22-/m0/s1. The van der Waals surface area contributed by atoms with Gasteiger partial charge in [-0.15, -0.1) is 0 Å². The van der Waals surface area contributed by atoms with Crippen LogP contribution in [0.4, 0.5) is 0 Å². The van der Waals surface area contributed by atoms with E-state index in [-0.39, 0.29) is 5.91 Å². The Hall–Kier alpha value is -3.46. The first-order valence-electron chi connectivity index (χ1n) is 10.3. The number of rotatable bonds is 4. The van der Waals surface area contributed by atoms with Gasteiger partial charge < -0.3 is 20.1 Å². The molecule has 0 saturated carbocycles. The first-order chi connectivity index (χ1) is 15.1. The summed E-state index contributed by atoms with van der Waals surface area (Å²) in [5, 5.41) is 24.6. The molecule has 4 rings (SSSR count). The maximum atomic E-state index is 12.5. The van der Waals surface area contributed by atoms with Crippen molar-refractivity contribution < 1.29 is 14.3 Å². The first kappa shape index (κ1) is 20.8. The van der Waals surface area contributed by atoms with Crippen LogP contribution in [-0.4, -0.2) is 42.7 Å². The highest BCUT2D eigenvalue weighted by molar-refractivity contribution is 5.82. The van der Waals surface area contributed by atoms with E-state index in [4.69, 9.17) is 14.7 Å². The van der Waals surface area contributed by atoms with Gasteiger partial charge >= 0.3 is 0 Å². The number of nitrogens with one attached hydrogen (secondary N) is 2. The fourth-order valence-electron chi connectivity index (χ4n) is 3.85. The van der Waals surface area contributed by atoms with Gasteiger partial charge in [0.25, 0.3) is 5.91 Å². The average molecular weight is 417 g/mol. The number of nitrogens with zero attached hydrogens (tertiary/aromatic N) is 3. The number of aromatic nitrogens is 1. The molecule has 8 heteroatoms. The molecule has 3 heterocycles. The Morgan fingerprint density at radius 3 is 3.03 bits per heavy atom. The van der Waals surface area contributed by atoms with Crippen LogP contribution in [0.3, 0.4) is 0 Å². The Morgan fingerprint density at radius 2 is 2.23 bits per heavy atom. The molecule has 0 unspecified atom stereocenters. The number of pyridine rings is 1. The summed E-state index contributed by atoms with van der Waals surface area (Å²) in [4.78, 5) is 16.7. The lowest BCUT2D eigenvalue weighted by atomic mass is 9.92. The summed E-state index contributed by atoms with van der Waals surface area (Å²) in [5.41, 5.74) is 5.05. The van der Waals surface area contributed by atoms with Crippen molar-refractivity contribution in [2.45, 2.75) is 38.5 Å². The minimum absolute atomic E-state index is 0.277. The summed E-state index contributed by atoms with van der Waals surface area (Å²) in [6.45, 7) is 4.10. The number of carbonyl (C=O) groups excluding carboxylic acids is 1. The van der Waals surface area contributed by atoms with Crippen molar-refractivity contribution >= 4 is 5.91 Å². The molecule has 1 aromatic carbocycles. The summed E-state index contributed by atoms with van der Waals surface area (Å²) in [5.74, 6) is 0.431. The van der Waals surface area contributed by atoms with E-state index in [1.807, 2.05) is 25.1 Å². The lowest BCUT2D eigenvalue weighted by molar-refractivity contribution is -0.132. The smallest absolute Gasteiger partial charge is 0.251 e. The molecule has 0 spiro atoms. The van der Waals surface area contributed by atoms with Crippen LogP contribution in [0.15, 0.2) is 24.4 Å². The normalized spacial score (nSPS) is 18.2. The highest BCUT2D eigenvalue weighted by Crippen LogP contribution is 2.39. The van der Waals surface area contributed by atoms with Crippen molar-refractivity contribution in [3.8, 4) is 29.0 Å². The average Bonchev–Trinajstić information content (AvgIpc) is 3.08. The summed E-state index contributed by atoms with van der Waals surface area (Å²) in [6, 6.07) is 9.23. The Kier molecular flexibility index (Phi) is 6.13. The van der Waals surface area contributed by atoms with E-state index in [1.54, 1.807) is 12.3 Å². The summed E-state index contributed by atoms with van der Waals surface area (Å²) < 4.78 is 11.5. The Balaban J connectivity index is 1.52. The topological polar surface area (TPSA) is 120 Å². The molecule has 1 amide bonds. The number of benzene rings is 1. The van der Waals surface area contributed by atoms with Gasteiger partial charge in [-0.2, -0.15) is 10.5 Å². The number of carbonyl (C=O) groups is 1. The number of aryl methyl sites for hydroxylation is 1. The highest BCUT2D eigenvalue weighted by atomic mass is 16.5. The Bertz CT molecular complexity index is 1080. The van der Waals surface area contributed by atoms with Gasteiger partial charge in [-0.05, 0) is 49.2 Å². The number of nitriles is 2. The second-order valence-corrected chi connectivity index (χ2v) is 7.71. The third-order valence-electron chi connectivity index (χ3n) is 5.55. The molecule has 1 aromatic heterocycles. The fourth-order valence-corrected chi connectivity index (χ4v) is 3.85. The van der Waals surface area contributed by atoms with E-state index in [0.717, 1.165) is 40.8 Å².